The summed E-state index contributed by atoms with van der Waals surface area (Å²) in [5.74, 6) is 0.562. The summed E-state index contributed by atoms with van der Waals surface area (Å²) >= 11 is 0. The molecule has 4 nitrogen and oxygen atoms in total. The van der Waals surface area contributed by atoms with Crippen molar-refractivity contribution in [1.82, 2.24) is 4.90 Å². The molecule has 1 amide bonds. The van der Waals surface area contributed by atoms with Crippen LogP contribution in [0.15, 0.2) is 60.7 Å². The molecule has 2 aromatic carbocycles. The maximum absolute atomic E-state index is 12.3. The number of amides is 1. The Morgan fingerprint density at radius 2 is 1.70 bits per heavy atom. The van der Waals surface area contributed by atoms with Gasteiger partial charge < -0.3 is 15.4 Å². The molecule has 2 aromatic rings. The van der Waals surface area contributed by atoms with Gasteiger partial charge in [-0.25, -0.2) is 4.79 Å². The zero-order valence-electron chi connectivity index (χ0n) is 13.1. The molecule has 3 rings (SSSR count). The lowest BCUT2D eigenvalue weighted by Crippen LogP contribution is -2.30. The maximum Gasteiger partial charge on any atom is 0.410 e. The van der Waals surface area contributed by atoms with E-state index in [-0.39, 0.29) is 17.9 Å². The summed E-state index contributed by atoms with van der Waals surface area (Å²) in [5, 5.41) is 0. The first-order valence-corrected chi connectivity index (χ1v) is 7.98. The third-order valence-corrected chi connectivity index (χ3v) is 4.43. The maximum atomic E-state index is 12.3. The lowest BCUT2D eigenvalue weighted by Gasteiger charge is -2.16. The molecule has 0 aliphatic carbocycles. The standard InChI is InChI=1S/C19H22N2O2/c20-11-17-12-21(13-18(17)16-9-5-2-6-10-16)19(22)23-14-15-7-3-1-4-8-15/h1-10,17-18H,11-14,20H2/t17-,18+/m0/s1. The summed E-state index contributed by atoms with van der Waals surface area (Å²) in [4.78, 5) is 14.1. The van der Waals surface area contributed by atoms with Gasteiger partial charge in [-0.1, -0.05) is 60.7 Å². The zero-order chi connectivity index (χ0) is 16.1. The monoisotopic (exact) mass is 310 g/mol. The molecule has 0 aromatic heterocycles. The molecule has 2 atom stereocenters. The summed E-state index contributed by atoms with van der Waals surface area (Å²) < 4.78 is 5.44. The van der Waals surface area contributed by atoms with Crippen molar-refractivity contribution in [2.75, 3.05) is 19.6 Å². The molecular formula is C19H22N2O2. The van der Waals surface area contributed by atoms with Gasteiger partial charge in [-0.05, 0) is 23.6 Å². The van der Waals surface area contributed by atoms with Gasteiger partial charge in [0.05, 0.1) is 0 Å². The summed E-state index contributed by atoms with van der Waals surface area (Å²) in [6.07, 6.45) is -0.259. The number of benzene rings is 2. The first-order chi connectivity index (χ1) is 11.3. The Kier molecular flexibility index (Phi) is 4.93. The third kappa shape index (κ3) is 3.71. The van der Waals surface area contributed by atoms with E-state index in [4.69, 9.17) is 10.5 Å². The quantitative estimate of drug-likeness (QED) is 0.944. The molecular weight excluding hydrogens is 288 g/mol. The third-order valence-electron chi connectivity index (χ3n) is 4.43. The first kappa shape index (κ1) is 15.6. The predicted molar refractivity (Wildman–Crippen MR) is 89.9 cm³/mol. The van der Waals surface area contributed by atoms with Crippen molar-refractivity contribution < 1.29 is 9.53 Å². The molecule has 1 aliphatic rings. The molecule has 0 spiro atoms. The lowest BCUT2D eigenvalue weighted by molar-refractivity contribution is 0.103. The molecule has 1 aliphatic heterocycles. The van der Waals surface area contributed by atoms with Crippen molar-refractivity contribution in [2.45, 2.75) is 12.5 Å². The van der Waals surface area contributed by atoms with Crippen LogP contribution < -0.4 is 5.73 Å². The topological polar surface area (TPSA) is 55.6 Å². The number of rotatable bonds is 4. The minimum absolute atomic E-state index is 0.259. The Morgan fingerprint density at radius 3 is 2.35 bits per heavy atom. The molecule has 0 radical (unpaired) electrons. The van der Waals surface area contributed by atoms with E-state index in [1.54, 1.807) is 4.90 Å². The van der Waals surface area contributed by atoms with Crippen molar-refractivity contribution in [3.63, 3.8) is 0 Å². The Labute approximate surface area is 136 Å². The van der Waals surface area contributed by atoms with Gasteiger partial charge in [0.25, 0.3) is 0 Å². The van der Waals surface area contributed by atoms with Crippen LogP contribution in [-0.4, -0.2) is 30.6 Å². The summed E-state index contributed by atoms with van der Waals surface area (Å²) in [6, 6.07) is 20.0. The number of hydrogen-bond acceptors (Lipinski definition) is 3. The van der Waals surface area contributed by atoms with Crippen molar-refractivity contribution in [3.05, 3.63) is 71.8 Å². The second-order valence-electron chi connectivity index (χ2n) is 5.96. The number of carbonyl (C=O) groups is 1. The van der Waals surface area contributed by atoms with Gasteiger partial charge in [0.15, 0.2) is 0 Å². The van der Waals surface area contributed by atoms with E-state index in [1.807, 2.05) is 48.5 Å². The number of nitrogens with zero attached hydrogens (tertiary/aromatic N) is 1. The molecule has 0 bridgehead atoms. The second kappa shape index (κ2) is 7.29. The van der Waals surface area contributed by atoms with Gasteiger partial charge >= 0.3 is 6.09 Å². The highest BCUT2D eigenvalue weighted by atomic mass is 16.6. The lowest BCUT2D eigenvalue weighted by atomic mass is 9.89. The molecule has 120 valence electrons. The van der Waals surface area contributed by atoms with E-state index in [9.17, 15) is 4.79 Å². The average molecular weight is 310 g/mol. The van der Waals surface area contributed by atoms with E-state index < -0.39 is 0 Å². The molecule has 1 fully saturated rings. The molecule has 0 saturated carbocycles. The second-order valence-corrected chi connectivity index (χ2v) is 5.96. The minimum Gasteiger partial charge on any atom is -0.445 e. The number of ether oxygens (including phenoxy) is 1. The van der Waals surface area contributed by atoms with Crippen LogP contribution in [-0.2, 0) is 11.3 Å². The molecule has 1 heterocycles. The first-order valence-electron chi connectivity index (χ1n) is 7.98. The van der Waals surface area contributed by atoms with Crippen LogP contribution in [0.3, 0.4) is 0 Å². The van der Waals surface area contributed by atoms with E-state index in [2.05, 4.69) is 12.1 Å². The fourth-order valence-corrected chi connectivity index (χ4v) is 3.15. The summed E-state index contributed by atoms with van der Waals surface area (Å²) in [7, 11) is 0. The van der Waals surface area contributed by atoms with Gasteiger partial charge in [0.1, 0.15) is 6.61 Å². The number of carbonyl (C=O) groups excluding carboxylic acids is 1. The van der Waals surface area contributed by atoms with Gasteiger partial charge in [0, 0.05) is 19.0 Å². The predicted octanol–water partition coefficient (Wildman–Crippen LogP) is 3.00. The van der Waals surface area contributed by atoms with Gasteiger partial charge in [-0.2, -0.15) is 0 Å². The Hall–Kier alpha value is -2.33. The summed E-state index contributed by atoms with van der Waals surface area (Å²) in [5.41, 5.74) is 8.14. The van der Waals surface area contributed by atoms with Crippen LogP contribution >= 0.6 is 0 Å². The molecule has 2 N–H and O–H groups in total. The van der Waals surface area contributed by atoms with Gasteiger partial charge in [-0.15, -0.1) is 0 Å². The highest BCUT2D eigenvalue weighted by Crippen LogP contribution is 2.32. The Balaban J connectivity index is 1.61. The van der Waals surface area contributed by atoms with Crippen LogP contribution in [0.2, 0.25) is 0 Å². The smallest absolute Gasteiger partial charge is 0.410 e. The van der Waals surface area contributed by atoms with Crippen LogP contribution in [0.5, 0.6) is 0 Å². The van der Waals surface area contributed by atoms with E-state index >= 15 is 0 Å². The highest BCUT2D eigenvalue weighted by Gasteiger charge is 2.35. The minimum atomic E-state index is -0.259. The Morgan fingerprint density at radius 1 is 1.04 bits per heavy atom. The molecule has 4 heteroatoms. The van der Waals surface area contributed by atoms with Crippen LogP contribution in [0.4, 0.5) is 4.79 Å². The Bertz CT molecular complexity index is 630. The van der Waals surface area contributed by atoms with Crippen LogP contribution in [0.25, 0.3) is 0 Å². The van der Waals surface area contributed by atoms with Gasteiger partial charge in [-0.3, -0.25) is 0 Å². The van der Waals surface area contributed by atoms with E-state index in [0.717, 1.165) is 5.56 Å². The zero-order valence-corrected chi connectivity index (χ0v) is 13.1. The van der Waals surface area contributed by atoms with Gasteiger partial charge in [0.2, 0.25) is 0 Å². The normalized spacial score (nSPS) is 20.5. The largest absolute Gasteiger partial charge is 0.445 e. The number of hydrogen-bond donors (Lipinski definition) is 1. The van der Waals surface area contributed by atoms with Crippen molar-refractivity contribution in [3.8, 4) is 0 Å². The number of likely N-dealkylation sites (tertiary alicyclic amines) is 1. The van der Waals surface area contributed by atoms with Crippen molar-refractivity contribution in [1.29, 1.82) is 0 Å². The fourth-order valence-electron chi connectivity index (χ4n) is 3.15. The molecule has 1 saturated heterocycles. The number of nitrogens with two attached hydrogens (primary N) is 1. The van der Waals surface area contributed by atoms with Crippen molar-refractivity contribution >= 4 is 6.09 Å². The van der Waals surface area contributed by atoms with Crippen LogP contribution in [0, 0.1) is 5.92 Å². The fraction of sp³-hybridized carbons (Fsp3) is 0.316. The van der Waals surface area contributed by atoms with Crippen molar-refractivity contribution in [2.24, 2.45) is 11.7 Å². The van der Waals surface area contributed by atoms with E-state index in [0.29, 0.717) is 26.2 Å². The summed E-state index contributed by atoms with van der Waals surface area (Å²) in [6.45, 7) is 2.20. The van der Waals surface area contributed by atoms with E-state index in [1.165, 1.54) is 5.56 Å². The average Bonchev–Trinajstić information content (AvgIpc) is 3.06. The molecule has 0 unspecified atom stereocenters. The van der Waals surface area contributed by atoms with Crippen LogP contribution in [0.1, 0.15) is 17.0 Å². The highest BCUT2D eigenvalue weighted by molar-refractivity contribution is 5.68. The SMILES string of the molecule is NC[C@H]1CN(C(=O)OCc2ccccc2)C[C@@H]1c1ccccc1. The molecule has 23 heavy (non-hydrogen) atoms.